The van der Waals surface area contributed by atoms with E-state index in [-0.39, 0.29) is 5.91 Å². The average Bonchev–Trinajstić information content (AvgIpc) is 2.79. The standard InChI is InChI=1S/C15H15ClN2O/c1-2-3-14(19)18-7-6-10-8-11-9-12(16)4-5-13(11)17-15(10)18/h4-5,8-9H,2-3,6-7H2,1H3. The van der Waals surface area contributed by atoms with E-state index in [0.29, 0.717) is 11.4 Å². The third-order valence-corrected chi connectivity index (χ3v) is 3.69. The first-order valence-corrected chi connectivity index (χ1v) is 6.96. The Hall–Kier alpha value is -1.61. The summed E-state index contributed by atoms with van der Waals surface area (Å²) in [7, 11) is 0. The Morgan fingerprint density at radius 1 is 1.42 bits per heavy atom. The van der Waals surface area contributed by atoms with Crippen LogP contribution in [0.5, 0.6) is 0 Å². The molecule has 2 aromatic rings. The Kier molecular flexibility index (Phi) is 3.15. The number of anilines is 1. The van der Waals surface area contributed by atoms with Gasteiger partial charge in [0.2, 0.25) is 5.91 Å². The molecule has 0 aliphatic carbocycles. The lowest BCUT2D eigenvalue weighted by Crippen LogP contribution is -2.29. The molecule has 0 spiro atoms. The Labute approximate surface area is 117 Å². The highest BCUT2D eigenvalue weighted by Gasteiger charge is 2.25. The predicted octanol–water partition coefficient (Wildman–Crippen LogP) is 3.58. The highest BCUT2D eigenvalue weighted by Crippen LogP contribution is 2.30. The molecule has 0 atom stereocenters. The lowest BCUT2D eigenvalue weighted by molar-refractivity contribution is -0.118. The zero-order chi connectivity index (χ0) is 13.4. The fourth-order valence-corrected chi connectivity index (χ4v) is 2.71. The van der Waals surface area contributed by atoms with E-state index in [1.807, 2.05) is 30.0 Å². The van der Waals surface area contributed by atoms with Gasteiger partial charge in [-0.1, -0.05) is 18.5 Å². The second kappa shape index (κ2) is 4.82. The van der Waals surface area contributed by atoms with Crippen molar-refractivity contribution in [2.24, 2.45) is 0 Å². The highest BCUT2D eigenvalue weighted by atomic mass is 35.5. The highest BCUT2D eigenvalue weighted by molar-refractivity contribution is 6.31. The van der Waals surface area contributed by atoms with Crippen molar-refractivity contribution in [2.45, 2.75) is 26.2 Å². The molecule has 0 saturated heterocycles. The van der Waals surface area contributed by atoms with Crippen LogP contribution in [-0.4, -0.2) is 17.4 Å². The second-order valence-corrected chi connectivity index (χ2v) is 5.29. The topological polar surface area (TPSA) is 33.2 Å². The lowest BCUT2D eigenvalue weighted by atomic mass is 10.1. The summed E-state index contributed by atoms with van der Waals surface area (Å²) in [6, 6.07) is 7.75. The number of aromatic nitrogens is 1. The first-order valence-electron chi connectivity index (χ1n) is 6.58. The minimum atomic E-state index is 0.169. The van der Waals surface area contributed by atoms with Gasteiger partial charge in [0.25, 0.3) is 0 Å². The molecule has 0 fully saturated rings. The number of rotatable bonds is 2. The minimum absolute atomic E-state index is 0.169. The van der Waals surface area contributed by atoms with Gasteiger partial charge >= 0.3 is 0 Å². The quantitative estimate of drug-likeness (QED) is 0.839. The van der Waals surface area contributed by atoms with Crippen LogP contribution < -0.4 is 4.90 Å². The van der Waals surface area contributed by atoms with Gasteiger partial charge in [-0.05, 0) is 42.7 Å². The maximum atomic E-state index is 12.1. The number of halogens is 1. The van der Waals surface area contributed by atoms with Crippen molar-refractivity contribution >= 4 is 34.2 Å². The van der Waals surface area contributed by atoms with Gasteiger partial charge in [-0.15, -0.1) is 0 Å². The second-order valence-electron chi connectivity index (χ2n) is 4.85. The SMILES string of the molecule is CCCC(=O)N1CCc2cc3cc(Cl)ccc3nc21. The molecule has 98 valence electrons. The summed E-state index contributed by atoms with van der Waals surface area (Å²) in [4.78, 5) is 18.5. The molecule has 0 saturated carbocycles. The van der Waals surface area contributed by atoms with Gasteiger partial charge in [-0.3, -0.25) is 9.69 Å². The van der Waals surface area contributed by atoms with E-state index in [4.69, 9.17) is 11.6 Å². The summed E-state index contributed by atoms with van der Waals surface area (Å²) < 4.78 is 0. The normalized spacial score (nSPS) is 13.9. The number of pyridine rings is 1. The predicted molar refractivity (Wildman–Crippen MR) is 77.7 cm³/mol. The molecule has 0 N–H and O–H groups in total. The van der Waals surface area contributed by atoms with Crippen LogP contribution in [0.2, 0.25) is 5.02 Å². The Morgan fingerprint density at radius 3 is 3.05 bits per heavy atom. The van der Waals surface area contributed by atoms with E-state index in [0.717, 1.165) is 41.7 Å². The Balaban J connectivity index is 2.06. The summed E-state index contributed by atoms with van der Waals surface area (Å²) in [6.07, 6.45) is 2.33. The molecule has 1 aromatic heterocycles. The van der Waals surface area contributed by atoms with Crippen molar-refractivity contribution in [3.05, 3.63) is 34.9 Å². The largest absolute Gasteiger partial charge is 0.296 e. The van der Waals surface area contributed by atoms with Gasteiger partial charge in [-0.2, -0.15) is 0 Å². The maximum absolute atomic E-state index is 12.1. The summed E-state index contributed by atoms with van der Waals surface area (Å²) in [5.41, 5.74) is 2.03. The van der Waals surface area contributed by atoms with Crippen LogP contribution in [0.15, 0.2) is 24.3 Å². The van der Waals surface area contributed by atoms with Gasteiger partial charge < -0.3 is 0 Å². The molecule has 1 aromatic carbocycles. The number of carbonyl (C=O) groups excluding carboxylic acids is 1. The molecule has 3 rings (SSSR count). The van der Waals surface area contributed by atoms with Gasteiger partial charge in [0.05, 0.1) is 5.52 Å². The number of benzene rings is 1. The summed E-state index contributed by atoms with van der Waals surface area (Å²) >= 11 is 6.00. The molecule has 1 aliphatic heterocycles. The minimum Gasteiger partial charge on any atom is -0.296 e. The van der Waals surface area contributed by atoms with Gasteiger partial charge in [-0.25, -0.2) is 4.98 Å². The Bertz CT molecular complexity index is 654. The van der Waals surface area contributed by atoms with E-state index >= 15 is 0 Å². The molecule has 3 nitrogen and oxygen atoms in total. The van der Waals surface area contributed by atoms with Gasteiger partial charge in [0, 0.05) is 23.4 Å². The Morgan fingerprint density at radius 2 is 2.26 bits per heavy atom. The number of carbonyl (C=O) groups is 1. The zero-order valence-corrected chi connectivity index (χ0v) is 11.6. The molecule has 2 heterocycles. The van der Waals surface area contributed by atoms with E-state index in [1.165, 1.54) is 0 Å². The van der Waals surface area contributed by atoms with E-state index in [9.17, 15) is 4.79 Å². The van der Waals surface area contributed by atoms with E-state index < -0.39 is 0 Å². The van der Waals surface area contributed by atoms with Crippen molar-refractivity contribution < 1.29 is 4.79 Å². The van der Waals surface area contributed by atoms with Crippen molar-refractivity contribution in [1.29, 1.82) is 0 Å². The summed E-state index contributed by atoms with van der Waals surface area (Å²) in [6.45, 7) is 2.76. The number of nitrogens with zero attached hydrogens (tertiary/aromatic N) is 2. The third-order valence-electron chi connectivity index (χ3n) is 3.46. The van der Waals surface area contributed by atoms with Crippen molar-refractivity contribution in [3.8, 4) is 0 Å². The molecule has 0 unspecified atom stereocenters. The third kappa shape index (κ3) is 2.19. The molecule has 0 radical (unpaired) electrons. The van der Waals surface area contributed by atoms with Crippen LogP contribution in [0.1, 0.15) is 25.3 Å². The smallest absolute Gasteiger partial charge is 0.228 e. The van der Waals surface area contributed by atoms with Crippen LogP contribution in [0.3, 0.4) is 0 Å². The van der Waals surface area contributed by atoms with Gasteiger partial charge in [0.15, 0.2) is 0 Å². The van der Waals surface area contributed by atoms with E-state index in [2.05, 4.69) is 11.1 Å². The molecule has 1 aliphatic rings. The molecular formula is C15H15ClN2O. The number of hydrogen-bond donors (Lipinski definition) is 0. The molecule has 4 heteroatoms. The maximum Gasteiger partial charge on any atom is 0.228 e. The molecule has 1 amide bonds. The van der Waals surface area contributed by atoms with Crippen LogP contribution in [0.25, 0.3) is 10.9 Å². The van der Waals surface area contributed by atoms with Crippen LogP contribution >= 0.6 is 11.6 Å². The molecular weight excluding hydrogens is 260 g/mol. The first kappa shape index (κ1) is 12.4. The molecule has 19 heavy (non-hydrogen) atoms. The van der Waals surface area contributed by atoms with Crippen molar-refractivity contribution in [1.82, 2.24) is 4.98 Å². The van der Waals surface area contributed by atoms with Crippen LogP contribution in [-0.2, 0) is 11.2 Å². The van der Waals surface area contributed by atoms with Crippen LogP contribution in [0.4, 0.5) is 5.82 Å². The van der Waals surface area contributed by atoms with Crippen LogP contribution in [0, 0.1) is 0 Å². The number of fused-ring (bicyclic) bond motifs is 2. The number of hydrogen-bond acceptors (Lipinski definition) is 2. The zero-order valence-electron chi connectivity index (χ0n) is 10.8. The monoisotopic (exact) mass is 274 g/mol. The molecule has 0 bridgehead atoms. The van der Waals surface area contributed by atoms with E-state index in [1.54, 1.807) is 0 Å². The fraction of sp³-hybridized carbons (Fsp3) is 0.333. The fourth-order valence-electron chi connectivity index (χ4n) is 2.53. The first-order chi connectivity index (χ1) is 9.19. The lowest BCUT2D eigenvalue weighted by Gasteiger charge is -2.16. The van der Waals surface area contributed by atoms with Crippen molar-refractivity contribution in [3.63, 3.8) is 0 Å². The summed E-state index contributed by atoms with van der Waals surface area (Å²) in [5, 5.41) is 1.75. The van der Waals surface area contributed by atoms with Gasteiger partial charge in [0.1, 0.15) is 5.82 Å². The van der Waals surface area contributed by atoms with Crippen molar-refractivity contribution in [2.75, 3.05) is 11.4 Å². The summed E-state index contributed by atoms with van der Waals surface area (Å²) in [5.74, 6) is 0.996. The number of amides is 1. The average molecular weight is 275 g/mol.